The summed E-state index contributed by atoms with van der Waals surface area (Å²) < 4.78 is 1.98. The van der Waals surface area contributed by atoms with Gasteiger partial charge < -0.3 is 5.32 Å². The molecule has 20 heavy (non-hydrogen) atoms. The minimum absolute atomic E-state index is 0.792. The SMILES string of the molecule is CNCc1cn(CCN2CCCN3CCCC3C2)nn1. The smallest absolute Gasteiger partial charge is 0.0964 e. The number of aromatic nitrogens is 3. The lowest BCUT2D eigenvalue weighted by molar-refractivity contribution is 0.213. The zero-order valence-electron chi connectivity index (χ0n) is 12.5. The van der Waals surface area contributed by atoms with Gasteiger partial charge in [0.1, 0.15) is 0 Å². The summed E-state index contributed by atoms with van der Waals surface area (Å²) in [6.45, 7) is 7.89. The number of rotatable bonds is 5. The molecule has 1 atom stereocenters. The van der Waals surface area contributed by atoms with Crippen LogP contribution in [0.3, 0.4) is 0 Å². The molecule has 112 valence electrons. The first-order valence-corrected chi connectivity index (χ1v) is 7.85. The highest BCUT2D eigenvalue weighted by atomic mass is 15.4. The zero-order valence-corrected chi connectivity index (χ0v) is 12.5. The molecule has 2 aliphatic rings. The molecule has 0 spiro atoms. The topological polar surface area (TPSA) is 49.2 Å². The fraction of sp³-hybridized carbons (Fsp3) is 0.857. The minimum atomic E-state index is 0.792. The van der Waals surface area contributed by atoms with Gasteiger partial charge in [0.15, 0.2) is 0 Å². The van der Waals surface area contributed by atoms with Crippen LogP contribution in [0.4, 0.5) is 0 Å². The van der Waals surface area contributed by atoms with Crippen molar-refractivity contribution in [3.8, 4) is 0 Å². The Morgan fingerprint density at radius 3 is 3.05 bits per heavy atom. The highest BCUT2D eigenvalue weighted by molar-refractivity contribution is 4.91. The van der Waals surface area contributed by atoms with Gasteiger partial charge in [0.2, 0.25) is 0 Å². The van der Waals surface area contributed by atoms with Crippen LogP contribution in [0.1, 0.15) is 25.0 Å². The van der Waals surface area contributed by atoms with Crippen LogP contribution in [0, 0.1) is 0 Å². The first-order chi connectivity index (χ1) is 9.85. The second-order valence-electron chi connectivity index (χ2n) is 5.99. The second kappa shape index (κ2) is 6.65. The fourth-order valence-electron chi connectivity index (χ4n) is 3.44. The van der Waals surface area contributed by atoms with Crippen molar-refractivity contribution < 1.29 is 0 Å². The molecule has 3 heterocycles. The third-order valence-corrected chi connectivity index (χ3v) is 4.48. The first kappa shape index (κ1) is 14.0. The molecular formula is C14H26N6. The van der Waals surface area contributed by atoms with Crippen molar-refractivity contribution in [3.63, 3.8) is 0 Å². The summed E-state index contributed by atoms with van der Waals surface area (Å²) in [6.07, 6.45) is 6.12. The third kappa shape index (κ3) is 3.37. The lowest BCUT2D eigenvalue weighted by atomic mass is 10.2. The van der Waals surface area contributed by atoms with Crippen LogP contribution in [0.5, 0.6) is 0 Å². The maximum Gasteiger partial charge on any atom is 0.0964 e. The largest absolute Gasteiger partial charge is 0.314 e. The molecule has 6 heteroatoms. The van der Waals surface area contributed by atoms with Gasteiger partial charge in [-0.3, -0.25) is 14.5 Å². The molecule has 0 bridgehead atoms. The van der Waals surface area contributed by atoms with Crippen molar-refractivity contribution in [2.24, 2.45) is 0 Å². The molecule has 0 amide bonds. The van der Waals surface area contributed by atoms with E-state index in [1.807, 2.05) is 11.7 Å². The molecule has 1 aromatic heterocycles. The molecule has 0 radical (unpaired) electrons. The molecule has 1 N–H and O–H groups in total. The Morgan fingerprint density at radius 2 is 2.15 bits per heavy atom. The van der Waals surface area contributed by atoms with E-state index in [9.17, 15) is 0 Å². The first-order valence-electron chi connectivity index (χ1n) is 7.85. The Balaban J connectivity index is 1.49. The van der Waals surface area contributed by atoms with Crippen LogP contribution in [-0.2, 0) is 13.1 Å². The molecule has 0 aromatic carbocycles. The lowest BCUT2D eigenvalue weighted by Crippen LogP contribution is -2.37. The van der Waals surface area contributed by atoms with Crippen molar-refractivity contribution in [2.45, 2.75) is 38.4 Å². The van der Waals surface area contributed by atoms with Crippen LogP contribution < -0.4 is 5.32 Å². The van der Waals surface area contributed by atoms with Gasteiger partial charge in [-0.25, -0.2) is 0 Å². The van der Waals surface area contributed by atoms with Crippen LogP contribution in [0.15, 0.2) is 6.20 Å². The Labute approximate surface area is 121 Å². The standard InChI is InChI=1S/C14H26N6/c1-15-10-13-11-20(17-16-13)9-8-18-5-3-7-19-6-2-4-14(19)12-18/h11,14-15H,2-10,12H2,1H3. The van der Waals surface area contributed by atoms with E-state index in [1.54, 1.807) is 0 Å². The summed E-state index contributed by atoms with van der Waals surface area (Å²) in [7, 11) is 1.93. The van der Waals surface area contributed by atoms with Crippen molar-refractivity contribution in [2.75, 3.05) is 39.8 Å². The van der Waals surface area contributed by atoms with E-state index in [0.717, 1.165) is 31.4 Å². The van der Waals surface area contributed by atoms with Crippen LogP contribution >= 0.6 is 0 Å². The summed E-state index contributed by atoms with van der Waals surface area (Å²) in [4.78, 5) is 5.29. The maximum absolute atomic E-state index is 4.20. The molecule has 1 unspecified atom stereocenters. The number of fused-ring (bicyclic) bond motifs is 1. The quantitative estimate of drug-likeness (QED) is 0.832. The van der Waals surface area contributed by atoms with E-state index in [2.05, 4.69) is 31.6 Å². The second-order valence-corrected chi connectivity index (χ2v) is 5.99. The monoisotopic (exact) mass is 278 g/mol. The fourth-order valence-corrected chi connectivity index (χ4v) is 3.44. The van der Waals surface area contributed by atoms with Crippen LogP contribution in [0.2, 0.25) is 0 Å². The van der Waals surface area contributed by atoms with E-state index in [0.29, 0.717) is 0 Å². The van der Waals surface area contributed by atoms with Crippen LogP contribution in [0.25, 0.3) is 0 Å². The average Bonchev–Trinajstić information content (AvgIpc) is 3.03. The summed E-state index contributed by atoms with van der Waals surface area (Å²) >= 11 is 0. The lowest BCUT2D eigenvalue weighted by Gasteiger charge is -2.25. The Hall–Kier alpha value is -0.980. The van der Waals surface area contributed by atoms with E-state index in [-0.39, 0.29) is 0 Å². The Morgan fingerprint density at radius 1 is 1.25 bits per heavy atom. The summed E-state index contributed by atoms with van der Waals surface area (Å²) in [6, 6.07) is 0.799. The predicted octanol–water partition coefficient (Wildman–Crippen LogP) is 0.168. The zero-order chi connectivity index (χ0) is 13.8. The molecule has 0 aliphatic carbocycles. The normalized spacial score (nSPS) is 24.8. The molecule has 3 rings (SSSR count). The van der Waals surface area contributed by atoms with E-state index >= 15 is 0 Å². The Kier molecular flexibility index (Phi) is 4.65. The van der Waals surface area contributed by atoms with Gasteiger partial charge in [-0.15, -0.1) is 5.10 Å². The van der Waals surface area contributed by atoms with E-state index in [4.69, 9.17) is 0 Å². The molecule has 0 saturated carbocycles. The molecule has 2 aliphatic heterocycles. The predicted molar refractivity (Wildman–Crippen MR) is 78.4 cm³/mol. The molecular weight excluding hydrogens is 252 g/mol. The van der Waals surface area contributed by atoms with Crippen molar-refractivity contribution in [1.82, 2.24) is 30.1 Å². The van der Waals surface area contributed by atoms with Gasteiger partial charge in [0.25, 0.3) is 0 Å². The van der Waals surface area contributed by atoms with E-state index in [1.165, 1.54) is 45.4 Å². The highest BCUT2D eigenvalue weighted by Crippen LogP contribution is 2.21. The number of hydrogen-bond donors (Lipinski definition) is 1. The van der Waals surface area contributed by atoms with Gasteiger partial charge >= 0.3 is 0 Å². The van der Waals surface area contributed by atoms with Gasteiger partial charge in [0, 0.05) is 31.9 Å². The van der Waals surface area contributed by atoms with Crippen molar-refractivity contribution in [3.05, 3.63) is 11.9 Å². The van der Waals surface area contributed by atoms with Gasteiger partial charge in [-0.1, -0.05) is 5.21 Å². The van der Waals surface area contributed by atoms with Gasteiger partial charge in [-0.2, -0.15) is 0 Å². The molecule has 2 fully saturated rings. The maximum atomic E-state index is 4.20. The number of hydrogen-bond acceptors (Lipinski definition) is 5. The summed E-state index contributed by atoms with van der Waals surface area (Å²) in [5.41, 5.74) is 1.02. The molecule has 1 aromatic rings. The summed E-state index contributed by atoms with van der Waals surface area (Å²) in [5, 5.41) is 11.5. The van der Waals surface area contributed by atoms with Crippen molar-refractivity contribution >= 4 is 0 Å². The Bertz CT molecular complexity index is 418. The van der Waals surface area contributed by atoms with Gasteiger partial charge in [-0.05, 0) is 45.9 Å². The average molecular weight is 278 g/mol. The van der Waals surface area contributed by atoms with Crippen molar-refractivity contribution in [1.29, 1.82) is 0 Å². The number of nitrogens with one attached hydrogen (secondary N) is 1. The molecule has 2 saturated heterocycles. The van der Waals surface area contributed by atoms with Crippen LogP contribution in [-0.4, -0.2) is 70.6 Å². The number of nitrogens with zero attached hydrogens (tertiary/aromatic N) is 5. The van der Waals surface area contributed by atoms with E-state index < -0.39 is 0 Å². The third-order valence-electron chi connectivity index (χ3n) is 4.48. The summed E-state index contributed by atoms with van der Waals surface area (Å²) in [5.74, 6) is 0. The van der Waals surface area contributed by atoms with Gasteiger partial charge in [0.05, 0.1) is 12.2 Å². The molecule has 6 nitrogen and oxygen atoms in total. The highest BCUT2D eigenvalue weighted by Gasteiger charge is 2.28. The minimum Gasteiger partial charge on any atom is -0.314 e.